The van der Waals surface area contributed by atoms with E-state index in [2.05, 4.69) is 6.92 Å². The first-order chi connectivity index (χ1) is 4.27. The molecule has 0 atom stereocenters. The number of unbranched alkanes of at least 4 members (excludes halogenated alkanes) is 2. The van der Waals surface area contributed by atoms with Crippen molar-refractivity contribution in [2.24, 2.45) is 0 Å². The van der Waals surface area contributed by atoms with Crippen LogP contribution in [-0.4, -0.2) is 3.79 Å². The molecule has 9 heavy (non-hydrogen) atoms. The van der Waals surface area contributed by atoms with Gasteiger partial charge in [0.05, 0.1) is 0 Å². The Balaban J connectivity index is 3.15. The fraction of sp³-hybridized carbons (Fsp3) is 0.571. The van der Waals surface area contributed by atoms with Crippen LogP contribution in [0, 0.1) is 0 Å². The number of halogens is 1. The summed E-state index contributed by atoms with van der Waals surface area (Å²) >= 11 is 1.77. The summed E-state index contributed by atoms with van der Waals surface area (Å²) in [5, 5.41) is 0. The number of carbonyl (C=O) groups excluding carboxylic acids is 1. The number of allylic oxidation sites excluding steroid dienone is 2. The van der Waals surface area contributed by atoms with E-state index in [1.54, 1.807) is 28.7 Å². The molecule has 0 aliphatic carbocycles. The molecule has 0 heterocycles. The van der Waals surface area contributed by atoms with E-state index in [9.17, 15) is 4.79 Å². The van der Waals surface area contributed by atoms with E-state index in [0.717, 1.165) is 6.42 Å². The maximum atomic E-state index is 10.3. The SMILES string of the molecule is CCCCC=CC(=O)I. The van der Waals surface area contributed by atoms with Gasteiger partial charge in [0.25, 0.3) is 0 Å². The van der Waals surface area contributed by atoms with Crippen molar-refractivity contribution in [3.05, 3.63) is 12.2 Å². The molecule has 0 saturated carbocycles. The average molecular weight is 238 g/mol. The lowest BCUT2D eigenvalue weighted by Crippen LogP contribution is -1.73. The summed E-state index contributed by atoms with van der Waals surface area (Å²) in [6.45, 7) is 2.14. The van der Waals surface area contributed by atoms with Crippen LogP contribution in [0.4, 0.5) is 0 Å². The van der Waals surface area contributed by atoms with Crippen molar-refractivity contribution in [2.45, 2.75) is 26.2 Å². The lowest BCUT2D eigenvalue weighted by Gasteiger charge is -1.84. The van der Waals surface area contributed by atoms with Crippen molar-refractivity contribution in [2.75, 3.05) is 0 Å². The van der Waals surface area contributed by atoms with Crippen molar-refractivity contribution in [3.8, 4) is 0 Å². The van der Waals surface area contributed by atoms with Crippen LogP contribution < -0.4 is 0 Å². The van der Waals surface area contributed by atoms with E-state index in [4.69, 9.17) is 0 Å². The average Bonchev–Trinajstić information content (AvgIpc) is 1.80. The highest BCUT2D eigenvalue weighted by molar-refractivity contribution is 14.1. The van der Waals surface area contributed by atoms with E-state index in [1.165, 1.54) is 12.8 Å². The Morgan fingerprint density at radius 2 is 2.33 bits per heavy atom. The van der Waals surface area contributed by atoms with Gasteiger partial charge in [-0.3, -0.25) is 4.79 Å². The second-order valence-corrected chi connectivity index (χ2v) is 2.91. The molecule has 0 amide bonds. The van der Waals surface area contributed by atoms with Gasteiger partial charge in [-0.15, -0.1) is 0 Å². The third-order valence-electron chi connectivity index (χ3n) is 0.973. The molecule has 0 fully saturated rings. The van der Waals surface area contributed by atoms with Gasteiger partial charge < -0.3 is 0 Å². The maximum absolute atomic E-state index is 10.3. The number of hydrogen-bond donors (Lipinski definition) is 0. The number of carbonyl (C=O) groups is 1. The minimum atomic E-state index is 0.115. The van der Waals surface area contributed by atoms with Crippen molar-refractivity contribution in [1.82, 2.24) is 0 Å². The van der Waals surface area contributed by atoms with Gasteiger partial charge in [0, 0.05) is 22.6 Å². The first-order valence-corrected chi connectivity index (χ1v) is 4.21. The Morgan fingerprint density at radius 3 is 2.78 bits per heavy atom. The lowest BCUT2D eigenvalue weighted by molar-refractivity contribution is -0.105. The second-order valence-electron chi connectivity index (χ2n) is 1.85. The summed E-state index contributed by atoms with van der Waals surface area (Å²) in [5.41, 5.74) is 0. The molecule has 0 rings (SSSR count). The predicted octanol–water partition coefficient (Wildman–Crippen LogP) is 2.69. The van der Waals surface area contributed by atoms with E-state index >= 15 is 0 Å². The minimum Gasteiger partial charge on any atom is -0.283 e. The van der Waals surface area contributed by atoms with Gasteiger partial charge >= 0.3 is 0 Å². The van der Waals surface area contributed by atoms with Crippen LogP contribution in [0.2, 0.25) is 0 Å². The van der Waals surface area contributed by atoms with E-state index < -0.39 is 0 Å². The monoisotopic (exact) mass is 238 g/mol. The summed E-state index contributed by atoms with van der Waals surface area (Å²) in [6, 6.07) is 0. The van der Waals surface area contributed by atoms with E-state index in [1.807, 2.05) is 6.08 Å². The van der Waals surface area contributed by atoms with Crippen LogP contribution in [0.5, 0.6) is 0 Å². The normalized spacial score (nSPS) is 10.4. The quantitative estimate of drug-likeness (QED) is 0.318. The molecule has 0 spiro atoms. The van der Waals surface area contributed by atoms with Crippen molar-refractivity contribution >= 4 is 26.4 Å². The summed E-state index contributed by atoms with van der Waals surface area (Å²) in [5.74, 6) is 0. The molecule has 0 aromatic rings. The van der Waals surface area contributed by atoms with Gasteiger partial charge in [-0.05, 0) is 12.5 Å². The van der Waals surface area contributed by atoms with E-state index in [0.29, 0.717) is 0 Å². The molecule has 0 aliphatic heterocycles. The van der Waals surface area contributed by atoms with Crippen LogP contribution in [-0.2, 0) is 4.79 Å². The van der Waals surface area contributed by atoms with Crippen LogP contribution in [0.1, 0.15) is 26.2 Å². The Kier molecular flexibility index (Phi) is 6.36. The molecular weight excluding hydrogens is 227 g/mol. The Bertz CT molecular complexity index is 107. The largest absolute Gasteiger partial charge is 0.283 e. The van der Waals surface area contributed by atoms with Gasteiger partial charge in [0.15, 0.2) is 0 Å². The predicted molar refractivity (Wildman–Crippen MR) is 47.7 cm³/mol. The van der Waals surface area contributed by atoms with Crippen LogP contribution in [0.25, 0.3) is 0 Å². The highest BCUT2D eigenvalue weighted by atomic mass is 127. The minimum absolute atomic E-state index is 0.115. The summed E-state index contributed by atoms with van der Waals surface area (Å²) in [7, 11) is 0. The molecule has 0 aromatic heterocycles. The van der Waals surface area contributed by atoms with Gasteiger partial charge in [-0.2, -0.15) is 0 Å². The third-order valence-corrected chi connectivity index (χ3v) is 1.33. The van der Waals surface area contributed by atoms with Gasteiger partial charge in [0.1, 0.15) is 0 Å². The molecule has 0 radical (unpaired) electrons. The molecule has 1 nitrogen and oxygen atoms in total. The maximum Gasteiger partial charge on any atom is 0.214 e. The highest BCUT2D eigenvalue weighted by Gasteiger charge is 1.82. The molecule has 0 N–H and O–H groups in total. The van der Waals surface area contributed by atoms with Gasteiger partial charge in [-0.1, -0.05) is 25.8 Å². The number of rotatable bonds is 4. The lowest BCUT2D eigenvalue weighted by atomic mass is 10.2. The molecule has 0 saturated heterocycles. The first kappa shape index (κ1) is 9.14. The summed E-state index contributed by atoms with van der Waals surface area (Å²) in [4.78, 5) is 10.3. The molecule has 0 aliphatic rings. The van der Waals surface area contributed by atoms with Crippen molar-refractivity contribution in [3.63, 3.8) is 0 Å². The fourth-order valence-electron chi connectivity index (χ4n) is 0.498. The van der Waals surface area contributed by atoms with Crippen LogP contribution >= 0.6 is 22.6 Å². The highest BCUT2D eigenvalue weighted by Crippen LogP contribution is 1.96. The topological polar surface area (TPSA) is 17.1 Å². The fourth-order valence-corrected chi connectivity index (χ4v) is 0.752. The van der Waals surface area contributed by atoms with Crippen LogP contribution in [0.15, 0.2) is 12.2 Å². The standard InChI is InChI=1S/C7H11IO/c1-2-3-4-5-6-7(8)9/h5-6H,2-4H2,1H3. The van der Waals surface area contributed by atoms with Gasteiger partial charge in [-0.25, -0.2) is 0 Å². The smallest absolute Gasteiger partial charge is 0.214 e. The van der Waals surface area contributed by atoms with Gasteiger partial charge in [0.2, 0.25) is 3.79 Å². The third kappa shape index (κ3) is 8.14. The molecule has 0 bridgehead atoms. The molecule has 0 aromatic carbocycles. The summed E-state index contributed by atoms with van der Waals surface area (Å²) < 4.78 is 0.115. The summed E-state index contributed by atoms with van der Waals surface area (Å²) in [6.07, 6.45) is 6.96. The molecule has 2 heteroatoms. The molecule has 0 unspecified atom stereocenters. The molecule has 52 valence electrons. The zero-order valence-corrected chi connectivity index (χ0v) is 7.72. The Labute approximate surface area is 69.7 Å². The first-order valence-electron chi connectivity index (χ1n) is 3.13. The van der Waals surface area contributed by atoms with Crippen LogP contribution in [0.3, 0.4) is 0 Å². The Hall–Kier alpha value is 0.140. The zero-order valence-electron chi connectivity index (χ0n) is 5.56. The second kappa shape index (κ2) is 6.26. The number of hydrogen-bond acceptors (Lipinski definition) is 1. The zero-order chi connectivity index (χ0) is 7.11. The van der Waals surface area contributed by atoms with E-state index in [-0.39, 0.29) is 3.79 Å². The van der Waals surface area contributed by atoms with Crippen molar-refractivity contribution in [1.29, 1.82) is 0 Å². The Morgan fingerprint density at radius 1 is 1.67 bits per heavy atom. The molecular formula is C7H11IO. The van der Waals surface area contributed by atoms with Crippen molar-refractivity contribution < 1.29 is 4.79 Å².